The first kappa shape index (κ1) is 14.3. The molecule has 1 aliphatic heterocycles. The van der Waals surface area contributed by atoms with Gasteiger partial charge in [0.05, 0.1) is 12.7 Å². The molecule has 1 aromatic rings. The van der Waals surface area contributed by atoms with Crippen LogP contribution >= 0.6 is 0 Å². The van der Waals surface area contributed by atoms with Crippen LogP contribution in [0.3, 0.4) is 0 Å². The predicted octanol–water partition coefficient (Wildman–Crippen LogP) is 2.11. The third-order valence-corrected chi connectivity index (χ3v) is 3.32. The van der Waals surface area contributed by atoms with Crippen LogP contribution in [0.1, 0.15) is 31.5 Å². The Bertz CT molecular complexity index is 408. The van der Waals surface area contributed by atoms with E-state index in [4.69, 9.17) is 4.74 Å². The van der Waals surface area contributed by atoms with Gasteiger partial charge < -0.3 is 15.0 Å². The quantitative estimate of drug-likeness (QED) is 0.826. The SMILES string of the molecule is CCCNCc1cc(C)nc(N2CCOC(C)C2)c1. The molecule has 2 heterocycles. The lowest BCUT2D eigenvalue weighted by Gasteiger charge is -2.32. The number of morpholine rings is 1. The van der Waals surface area contributed by atoms with Crippen LogP contribution in [0.5, 0.6) is 0 Å². The highest BCUT2D eigenvalue weighted by molar-refractivity contribution is 5.43. The van der Waals surface area contributed by atoms with Gasteiger partial charge in [0.25, 0.3) is 0 Å². The van der Waals surface area contributed by atoms with Gasteiger partial charge in [0, 0.05) is 25.3 Å². The standard InChI is InChI=1S/C15H25N3O/c1-4-5-16-10-14-8-12(2)17-15(9-14)18-6-7-19-13(3)11-18/h8-9,13,16H,4-7,10-11H2,1-3H3. The van der Waals surface area contributed by atoms with Gasteiger partial charge in [0.2, 0.25) is 0 Å². The van der Waals surface area contributed by atoms with Gasteiger partial charge in [-0.2, -0.15) is 0 Å². The second kappa shape index (κ2) is 6.87. The van der Waals surface area contributed by atoms with Crippen molar-refractivity contribution >= 4 is 5.82 Å². The maximum Gasteiger partial charge on any atom is 0.129 e. The van der Waals surface area contributed by atoms with Gasteiger partial charge in [-0.05, 0) is 44.5 Å². The van der Waals surface area contributed by atoms with Gasteiger partial charge >= 0.3 is 0 Å². The molecule has 0 saturated carbocycles. The van der Waals surface area contributed by atoms with Crippen LogP contribution in [0, 0.1) is 6.92 Å². The summed E-state index contributed by atoms with van der Waals surface area (Å²) in [5, 5.41) is 3.45. The number of ether oxygens (including phenoxy) is 1. The molecule has 0 aliphatic carbocycles. The van der Waals surface area contributed by atoms with Gasteiger partial charge in [0.15, 0.2) is 0 Å². The van der Waals surface area contributed by atoms with Crippen LogP contribution in [0.4, 0.5) is 5.82 Å². The Morgan fingerprint density at radius 1 is 1.47 bits per heavy atom. The van der Waals surface area contributed by atoms with E-state index in [0.29, 0.717) is 0 Å². The molecule has 1 unspecified atom stereocenters. The van der Waals surface area contributed by atoms with Crippen molar-refractivity contribution in [1.82, 2.24) is 10.3 Å². The van der Waals surface area contributed by atoms with Crippen molar-refractivity contribution in [3.8, 4) is 0 Å². The van der Waals surface area contributed by atoms with E-state index >= 15 is 0 Å². The summed E-state index contributed by atoms with van der Waals surface area (Å²) in [7, 11) is 0. The molecule has 1 saturated heterocycles. The van der Waals surface area contributed by atoms with Crippen molar-refractivity contribution in [2.45, 2.75) is 39.8 Å². The van der Waals surface area contributed by atoms with Crippen LogP contribution < -0.4 is 10.2 Å². The summed E-state index contributed by atoms with van der Waals surface area (Å²) in [6.07, 6.45) is 1.45. The number of hydrogen-bond donors (Lipinski definition) is 1. The Morgan fingerprint density at radius 2 is 2.32 bits per heavy atom. The topological polar surface area (TPSA) is 37.4 Å². The van der Waals surface area contributed by atoms with Gasteiger partial charge in [-0.15, -0.1) is 0 Å². The largest absolute Gasteiger partial charge is 0.375 e. The Balaban J connectivity index is 2.07. The van der Waals surface area contributed by atoms with E-state index in [0.717, 1.165) is 50.7 Å². The predicted molar refractivity (Wildman–Crippen MR) is 78.6 cm³/mol. The average molecular weight is 263 g/mol. The molecule has 106 valence electrons. The lowest BCUT2D eigenvalue weighted by molar-refractivity contribution is 0.0529. The minimum Gasteiger partial charge on any atom is -0.375 e. The Morgan fingerprint density at radius 3 is 3.05 bits per heavy atom. The van der Waals surface area contributed by atoms with Crippen molar-refractivity contribution in [1.29, 1.82) is 0 Å². The molecule has 1 fully saturated rings. The summed E-state index contributed by atoms with van der Waals surface area (Å²) >= 11 is 0. The number of aryl methyl sites for hydroxylation is 1. The van der Waals surface area contributed by atoms with E-state index in [-0.39, 0.29) is 6.10 Å². The van der Waals surface area contributed by atoms with E-state index in [9.17, 15) is 0 Å². The maximum atomic E-state index is 5.59. The highest BCUT2D eigenvalue weighted by Crippen LogP contribution is 2.18. The molecule has 19 heavy (non-hydrogen) atoms. The second-order valence-corrected chi connectivity index (χ2v) is 5.28. The van der Waals surface area contributed by atoms with Crippen LogP contribution in [0.2, 0.25) is 0 Å². The van der Waals surface area contributed by atoms with Gasteiger partial charge in [-0.25, -0.2) is 4.98 Å². The fraction of sp³-hybridized carbons (Fsp3) is 0.667. The number of hydrogen-bond acceptors (Lipinski definition) is 4. The van der Waals surface area contributed by atoms with E-state index < -0.39 is 0 Å². The Kier molecular flexibility index (Phi) is 5.16. The number of nitrogens with zero attached hydrogens (tertiary/aromatic N) is 2. The van der Waals surface area contributed by atoms with Gasteiger partial charge in [-0.3, -0.25) is 0 Å². The van der Waals surface area contributed by atoms with Crippen LogP contribution in [-0.2, 0) is 11.3 Å². The summed E-state index contributed by atoms with van der Waals surface area (Å²) in [5.41, 5.74) is 2.40. The molecular weight excluding hydrogens is 238 g/mol. The molecule has 0 radical (unpaired) electrons. The minimum atomic E-state index is 0.290. The number of pyridine rings is 1. The van der Waals surface area contributed by atoms with Gasteiger partial charge in [-0.1, -0.05) is 6.92 Å². The summed E-state index contributed by atoms with van der Waals surface area (Å²) in [6, 6.07) is 4.36. The van der Waals surface area contributed by atoms with E-state index in [1.165, 1.54) is 5.56 Å². The fourth-order valence-electron chi connectivity index (χ4n) is 2.42. The van der Waals surface area contributed by atoms with E-state index in [2.05, 4.69) is 48.1 Å². The zero-order chi connectivity index (χ0) is 13.7. The molecule has 1 atom stereocenters. The van der Waals surface area contributed by atoms with Crippen LogP contribution in [0.15, 0.2) is 12.1 Å². The molecule has 0 bridgehead atoms. The minimum absolute atomic E-state index is 0.290. The van der Waals surface area contributed by atoms with E-state index in [1.807, 2.05) is 0 Å². The second-order valence-electron chi connectivity index (χ2n) is 5.28. The molecule has 0 spiro atoms. The summed E-state index contributed by atoms with van der Waals surface area (Å²) in [5.74, 6) is 1.09. The van der Waals surface area contributed by atoms with Crippen molar-refractivity contribution in [3.63, 3.8) is 0 Å². The molecule has 1 aliphatic rings. The van der Waals surface area contributed by atoms with Crippen molar-refractivity contribution in [3.05, 3.63) is 23.4 Å². The number of rotatable bonds is 5. The van der Waals surface area contributed by atoms with Crippen molar-refractivity contribution in [2.24, 2.45) is 0 Å². The Labute approximate surface area is 116 Å². The molecule has 4 heteroatoms. The van der Waals surface area contributed by atoms with E-state index in [1.54, 1.807) is 0 Å². The molecule has 1 aromatic heterocycles. The molecule has 2 rings (SSSR count). The smallest absolute Gasteiger partial charge is 0.129 e. The third kappa shape index (κ3) is 4.18. The monoisotopic (exact) mass is 263 g/mol. The third-order valence-electron chi connectivity index (χ3n) is 3.32. The Hall–Kier alpha value is -1.13. The number of aromatic nitrogens is 1. The first-order valence-corrected chi connectivity index (χ1v) is 7.24. The van der Waals surface area contributed by atoms with Crippen molar-refractivity contribution in [2.75, 3.05) is 31.1 Å². The number of anilines is 1. The highest BCUT2D eigenvalue weighted by atomic mass is 16.5. The fourth-order valence-corrected chi connectivity index (χ4v) is 2.42. The zero-order valence-corrected chi connectivity index (χ0v) is 12.3. The molecule has 4 nitrogen and oxygen atoms in total. The van der Waals surface area contributed by atoms with Crippen LogP contribution in [0.25, 0.3) is 0 Å². The summed E-state index contributed by atoms with van der Waals surface area (Å²) < 4.78 is 5.59. The lowest BCUT2D eigenvalue weighted by atomic mass is 10.2. The molecule has 1 N–H and O–H groups in total. The van der Waals surface area contributed by atoms with Crippen molar-refractivity contribution < 1.29 is 4.74 Å². The molecule has 0 aromatic carbocycles. The highest BCUT2D eigenvalue weighted by Gasteiger charge is 2.18. The van der Waals surface area contributed by atoms with Gasteiger partial charge in [0.1, 0.15) is 5.82 Å². The molecule has 0 amide bonds. The summed E-state index contributed by atoms with van der Waals surface area (Å²) in [4.78, 5) is 6.99. The first-order chi connectivity index (χ1) is 9.19. The van der Waals surface area contributed by atoms with Crippen LogP contribution in [-0.4, -0.2) is 37.3 Å². The normalized spacial score (nSPS) is 19.7. The number of nitrogens with one attached hydrogen (secondary N) is 1. The lowest BCUT2D eigenvalue weighted by Crippen LogP contribution is -2.41. The first-order valence-electron chi connectivity index (χ1n) is 7.24. The summed E-state index contributed by atoms with van der Waals surface area (Å²) in [6.45, 7) is 11.0. The maximum absolute atomic E-state index is 5.59. The average Bonchev–Trinajstić information content (AvgIpc) is 2.38. The molecular formula is C15H25N3O. The zero-order valence-electron chi connectivity index (χ0n) is 12.3.